The van der Waals surface area contributed by atoms with Crippen molar-refractivity contribution in [2.45, 2.75) is 0 Å². The van der Waals surface area contributed by atoms with E-state index in [1.165, 1.54) is 6.20 Å². The van der Waals surface area contributed by atoms with Crippen LogP contribution in [-0.2, 0) is 0 Å². The number of rotatable bonds is 4. The summed E-state index contributed by atoms with van der Waals surface area (Å²) < 4.78 is 1.81. The number of imidazole rings is 1. The predicted octanol–water partition coefficient (Wildman–Crippen LogP) is 1.86. The Balaban J connectivity index is 2.14. The fraction of sp³-hybridized carbons (Fsp3) is 0.100. The lowest BCUT2D eigenvalue weighted by atomic mass is 10.3. The van der Waals surface area contributed by atoms with Crippen molar-refractivity contribution >= 4 is 11.0 Å². The van der Waals surface area contributed by atoms with E-state index in [0.717, 1.165) is 11.0 Å². The molecule has 0 unspecified atom stereocenters. The zero-order chi connectivity index (χ0) is 10.5. The van der Waals surface area contributed by atoms with Crippen LogP contribution in [-0.4, -0.2) is 16.2 Å². The first-order valence-corrected chi connectivity index (χ1v) is 4.55. The van der Waals surface area contributed by atoms with Crippen molar-refractivity contribution in [1.29, 1.82) is 0 Å². The van der Waals surface area contributed by atoms with Gasteiger partial charge in [0.15, 0.2) is 0 Å². The highest BCUT2D eigenvalue weighted by Crippen LogP contribution is 2.09. The van der Waals surface area contributed by atoms with Crippen LogP contribution in [0.15, 0.2) is 48.0 Å². The zero-order valence-corrected chi connectivity index (χ0v) is 8.00. The van der Waals surface area contributed by atoms with Crippen LogP contribution in [0.2, 0.25) is 0 Å². The van der Waals surface area contributed by atoms with Crippen LogP contribution in [0, 0.1) is 4.91 Å². The van der Waals surface area contributed by atoms with Gasteiger partial charge in [0.25, 0.3) is 0 Å². The number of benzene rings is 1. The van der Waals surface area contributed by atoms with E-state index in [2.05, 4.69) is 15.6 Å². The molecule has 2 aromatic rings. The summed E-state index contributed by atoms with van der Waals surface area (Å²) >= 11 is 0. The normalized spacial score (nSPS) is 10.9. The summed E-state index contributed by atoms with van der Waals surface area (Å²) in [5.74, 6) is 0. The highest BCUT2D eigenvalue weighted by atomic mass is 16.2. The fourth-order valence-corrected chi connectivity index (χ4v) is 1.33. The van der Waals surface area contributed by atoms with Gasteiger partial charge >= 0.3 is 0 Å². The highest BCUT2D eigenvalue weighted by molar-refractivity contribution is 5.75. The smallest absolute Gasteiger partial charge is 0.115 e. The molecule has 1 heterocycles. The molecule has 1 N–H and O–H groups in total. The standard InChI is InChI=1S/C10H10N4O/c15-13-7-3-6-12-14-8-11-9-4-1-2-5-10(9)14/h1-5,7-8,12H,6H2. The minimum Gasteiger partial charge on any atom is -0.321 e. The Kier molecular flexibility index (Phi) is 2.73. The molecule has 0 saturated heterocycles. The van der Waals surface area contributed by atoms with Crippen LogP contribution in [0.4, 0.5) is 0 Å². The number of aromatic nitrogens is 2. The van der Waals surface area contributed by atoms with E-state index in [0.29, 0.717) is 6.54 Å². The summed E-state index contributed by atoms with van der Waals surface area (Å²) in [5, 5.41) is 2.62. The van der Waals surface area contributed by atoms with E-state index < -0.39 is 0 Å². The fourth-order valence-electron chi connectivity index (χ4n) is 1.33. The molecule has 5 heteroatoms. The maximum Gasteiger partial charge on any atom is 0.115 e. The minimum absolute atomic E-state index is 0.534. The van der Waals surface area contributed by atoms with Gasteiger partial charge in [-0.2, -0.15) is 0 Å². The summed E-state index contributed by atoms with van der Waals surface area (Å²) in [4.78, 5) is 14.0. The molecule has 0 amide bonds. The molecule has 0 fully saturated rings. The van der Waals surface area contributed by atoms with Crippen LogP contribution in [0.5, 0.6) is 0 Å². The number of para-hydroxylation sites is 2. The van der Waals surface area contributed by atoms with Gasteiger partial charge in [0.05, 0.1) is 23.8 Å². The van der Waals surface area contributed by atoms with Gasteiger partial charge in [0.2, 0.25) is 0 Å². The van der Waals surface area contributed by atoms with Gasteiger partial charge in [-0.25, -0.2) is 9.66 Å². The van der Waals surface area contributed by atoms with Crippen molar-refractivity contribution < 1.29 is 0 Å². The second-order valence-electron chi connectivity index (χ2n) is 2.96. The summed E-state index contributed by atoms with van der Waals surface area (Å²) in [6.45, 7) is 0.534. The monoisotopic (exact) mass is 202 g/mol. The third kappa shape index (κ3) is 2.01. The van der Waals surface area contributed by atoms with Gasteiger partial charge in [-0.1, -0.05) is 12.1 Å². The van der Waals surface area contributed by atoms with Gasteiger partial charge in [-0.15, -0.1) is 4.91 Å². The molecule has 0 bridgehead atoms. The van der Waals surface area contributed by atoms with Gasteiger partial charge < -0.3 is 5.43 Å². The van der Waals surface area contributed by atoms with Crippen molar-refractivity contribution in [2.75, 3.05) is 12.0 Å². The first-order valence-electron chi connectivity index (χ1n) is 4.55. The van der Waals surface area contributed by atoms with Crippen molar-refractivity contribution in [1.82, 2.24) is 9.66 Å². The number of nitrogens with one attached hydrogen (secondary N) is 1. The molecule has 1 aromatic carbocycles. The minimum atomic E-state index is 0.534. The summed E-state index contributed by atoms with van der Waals surface area (Å²) in [7, 11) is 0. The SMILES string of the molecule is O=NC=CCNn1cnc2ccccc21. The molecule has 0 spiro atoms. The molecule has 0 aliphatic carbocycles. The van der Waals surface area contributed by atoms with E-state index >= 15 is 0 Å². The molecular weight excluding hydrogens is 192 g/mol. The molecule has 0 saturated carbocycles. The molecule has 2 rings (SSSR count). The van der Waals surface area contributed by atoms with Crippen LogP contribution in [0.25, 0.3) is 11.0 Å². The molecule has 5 nitrogen and oxygen atoms in total. The predicted molar refractivity (Wildman–Crippen MR) is 58.9 cm³/mol. The van der Waals surface area contributed by atoms with E-state index in [4.69, 9.17) is 0 Å². The van der Waals surface area contributed by atoms with Crippen molar-refractivity contribution in [3.63, 3.8) is 0 Å². The quantitative estimate of drug-likeness (QED) is 0.770. The van der Waals surface area contributed by atoms with Gasteiger partial charge in [-0.3, -0.25) is 0 Å². The maximum atomic E-state index is 9.79. The molecule has 0 atom stereocenters. The van der Waals surface area contributed by atoms with E-state index in [1.807, 2.05) is 28.9 Å². The second-order valence-corrected chi connectivity index (χ2v) is 2.96. The number of nitroso groups, excluding NO2 is 1. The molecule has 0 aliphatic heterocycles. The lowest BCUT2D eigenvalue weighted by Crippen LogP contribution is -2.12. The number of hydrogen-bond donors (Lipinski definition) is 1. The number of fused-ring (bicyclic) bond motifs is 1. The maximum absolute atomic E-state index is 9.79. The Morgan fingerprint density at radius 2 is 2.33 bits per heavy atom. The summed E-state index contributed by atoms with van der Waals surface area (Å²) in [5.41, 5.74) is 5.01. The van der Waals surface area contributed by atoms with Gasteiger partial charge in [0.1, 0.15) is 6.33 Å². The average Bonchev–Trinajstić information content (AvgIpc) is 2.68. The summed E-state index contributed by atoms with van der Waals surface area (Å²) in [6.07, 6.45) is 4.56. The van der Waals surface area contributed by atoms with Crippen molar-refractivity contribution in [2.24, 2.45) is 5.18 Å². The first kappa shape index (κ1) is 9.39. The largest absolute Gasteiger partial charge is 0.321 e. The Labute approximate surface area is 86.4 Å². The topological polar surface area (TPSA) is 59.3 Å². The highest BCUT2D eigenvalue weighted by Gasteiger charge is 1.98. The van der Waals surface area contributed by atoms with Crippen LogP contribution in [0.1, 0.15) is 0 Å². The van der Waals surface area contributed by atoms with E-state index in [9.17, 15) is 4.91 Å². The lowest BCUT2D eigenvalue weighted by molar-refractivity contribution is 0.915. The Morgan fingerprint density at radius 3 is 3.20 bits per heavy atom. The molecule has 0 radical (unpaired) electrons. The van der Waals surface area contributed by atoms with Crippen LogP contribution >= 0.6 is 0 Å². The molecule has 0 aliphatic rings. The Hall–Kier alpha value is -2.17. The van der Waals surface area contributed by atoms with Gasteiger partial charge in [-0.05, 0) is 23.4 Å². The number of hydrogen-bond acceptors (Lipinski definition) is 4. The van der Waals surface area contributed by atoms with Gasteiger partial charge in [0, 0.05) is 0 Å². The second kappa shape index (κ2) is 4.36. The van der Waals surface area contributed by atoms with E-state index in [1.54, 1.807) is 12.4 Å². The molecular formula is C10H10N4O. The van der Waals surface area contributed by atoms with Crippen molar-refractivity contribution in [3.05, 3.63) is 47.8 Å². The Bertz CT molecular complexity index is 489. The first-order chi connectivity index (χ1) is 7.42. The van der Waals surface area contributed by atoms with Crippen LogP contribution in [0.3, 0.4) is 0 Å². The lowest BCUT2D eigenvalue weighted by Gasteiger charge is -2.04. The van der Waals surface area contributed by atoms with Crippen molar-refractivity contribution in [3.8, 4) is 0 Å². The molecule has 15 heavy (non-hydrogen) atoms. The average molecular weight is 202 g/mol. The molecule has 76 valence electrons. The Morgan fingerprint density at radius 1 is 1.47 bits per heavy atom. The zero-order valence-electron chi connectivity index (χ0n) is 8.00. The third-order valence-corrected chi connectivity index (χ3v) is 2.00. The van der Waals surface area contributed by atoms with Crippen LogP contribution < -0.4 is 5.43 Å². The van der Waals surface area contributed by atoms with E-state index in [-0.39, 0.29) is 0 Å². The number of nitrogens with zero attached hydrogens (tertiary/aromatic N) is 3. The molecule has 1 aromatic heterocycles. The summed E-state index contributed by atoms with van der Waals surface area (Å²) in [6, 6.07) is 7.80. The third-order valence-electron chi connectivity index (χ3n) is 2.00.